The number of nitrogens with one attached hydrogen (secondary N) is 1. The van der Waals surface area contributed by atoms with Gasteiger partial charge in [-0.1, -0.05) is 32.9 Å². The van der Waals surface area contributed by atoms with Crippen LogP contribution in [0.25, 0.3) is 0 Å². The second-order valence-electron chi connectivity index (χ2n) is 7.32. The minimum atomic E-state index is -0.257. The van der Waals surface area contributed by atoms with E-state index in [2.05, 4.69) is 26.1 Å². The van der Waals surface area contributed by atoms with Crippen LogP contribution in [0.4, 0.5) is 5.69 Å². The van der Waals surface area contributed by atoms with Crippen LogP contribution in [0.1, 0.15) is 26.3 Å². The number of hydrogen-bond acceptors (Lipinski definition) is 5. The molecule has 6 heteroatoms. The van der Waals surface area contributed by atoms with Crippen LogP contribution in [0.15, 0.2) is 42.5 Å². The maximum atomic E-state index is 12.2. The Balaban J connectivity index is 1.92. The Kier molecular flexibility index (Phi) is 7.70. The normalized spacial score (nSPS) is 11.0. The van der Waals surface area contributed by atoms with Gasteiger partial charge in [0, 0.05) is 18.9 Å². The summed E-state index contributed by atoms with van der Waals surface area (Å²) in [7, 11) is 3.17. The summed E-state index contributed by atoms with van der Waals surface area (Å²) in [5.74, 6) is 1.52. The third-order valence-electron chi connectivity index (χ3n) is 4.08. The highest BCUT2D eigenvalue weighted by molar-refractivity contribution is 5.92. The molecule has 1 amide bonds. The van der Waals surface area contributed by atoms with Crippen LogP contribution >= 0.6 is 0 Å². The van der Waals surface area contributed by atoms with Crippen LogP contribution in [0.2, 0.25) is 0 Å². The molecule has 0 aliphatic carbocycles. The smallest absolute Gasteiger partial charge is 0.262 e. The van der Waals surface area contributed by atoms with Gasteiger partial charge in [0.2, 0.25) is 0 Å². The molecule has 6 nitrogen and oxygen atoms in total. The maximum absolute atomic E-state index is 12.2. The van der Waals surface area contributed by atoms with Gasteiger partial charge in [-0.25, -0.2) is 0 Å². The van der Waals surface area contributed by atoms with Crippen LogP contribution in [0.5, 0.6) is 17.2 Å². The summed E-state index contributed by atoms with van der Waals surface area (Å²) in [5.41, 5.74) is 1.89. The molecule has 0 unspecified atom stereocenters. The quantitative estimate of drug-likeness (QED) is 0.658. The second kappa shape index (κ2) is 9.99. The number of anilines is 1. The number of carbonyl (C=O) groups is 1. The highest BCUT2D eigenvalue weighted by Gasteiger charge is 2.13. The molecule has 0 saturated heterocycles. The third kappa shape index (κ3) is 6.46. The highest BCUT2D eigenvalue weighted by atomic mass is 16.5. The summed E-state index contributed by atoms with van der Waals surface area (Å²) in [4.78, 5) is 12.2. The molecule has 1 N–H and O–H groups in total. The molecule has 0 spiro atoms. The summed E-state index contributed by atoms with van der Waals surface area (Å²) >= 11 is 0. The molecule has 0 radical (unpaired) electrons. The average Bonchev–Trinajstić information content (AvgIpc) is 2.66. The van der Waals surface area contributed by atoms with Crippen molar-refractivity contribution in [2.75, 3.05) is 39.4 Å². The highest BCUT2D eigenvalue weighted by Crippen LogP contribution is 2.30. The van der Waals surface area contributed by atoms with Gasteiger partial charge in [0.15, 0.2) is 18.1 Å². The van der Waals surface area contributed by atoms with E-state index in [0.717, 1.165) is 0 Å². The molecule has 0 aromatic heterocycles. The van der Waals surface area contributed by atoms with Gasteiger partial charge >= 0.3 is 0 Å². The lowest BCUT2D eigenvalue weighted by Crippen LogP contribution is -2.20. The second-order valence-corrected chi connectivity index (χ2v) is 7.32. The van der Waals surface area contributed by atoms with E-state index in [1.807, 2.05) is 24.3 Å². The van der Waals surface area contributed by atoms with E-state index in [4.69, 9.17) is 18.9 Å². The molecule has 0 heterocycles. The van der Waals surface area contributed by atoms with Gasteiger partial charge in [0.05, 0.1) is 13.7 Å². The van der Waals surface area contributed by atoms with E-state index < -0.39 is 0 Å². The van der Waals surface area contributed by atoms with Crippen molar-refractivity contribution in [3.8, 4) is 17.2 Å². The van der Waals surface area contributed by atoms with E-state index >= 15 is 0 Å². The van der Waals surface area contributed by atoms with E-state index in [-0.39, 0.29) is 17.9 Å². The fraction of sp³-hybridized carbons (Fsp3) is 0.409. The van der Waals surface area contributed by atoms with Gasteiger partial charge in [-0.05, 0) is 35.2 Å². The zero-order valence-corrected chi connectivity index (χ0v) is 17.2. The number of benzene rings is 2. The number of methoxy groups -OCH3 is 2. The van der Waals surface area contributed by atoms with Crippen LogP contribution in [0, 0.1) is 0 Å². The van der Waals surface area contributed by atoms with Gasteiger partial charge in [-0.15, -0.1) is 0 Å². The SMILES string of the molecule is COCCOc1cc(NC(=O)COc2ccc(C(C)(C)C)cc2)ccc1OC. The van der Waals surface area contributed by atoms with Crippen LogP contribution in [0.3, 0.4) is 0 Å². The third-order valence-corrected chi connectivity index (χ3v) is 4.08. The van der Waals surface area contributed by atoms with Gasteiger partial charge in [0.1, 0.15) is 12.4 Å². The Hall–Kier alpha value is -2.73. The lowest BCUT2D eigenvalue weighted by atomic mass is 9.87. The monoisotopic (exact) mass is 387 g/mol. The summed E-state index contributed by atoms with van der Waals surface area (Å²) in [6.07, 6.45) is 0. The fourth-order valence-corrected chi connectivity index (χ4v) is 2.50. The summed E-state index contributed by atoms with van der Waals surface area (Å²) < 4.78 is 21.5. The summed E-state index contributed by atoms with van der Waals surface area (Å²) in [6.45, 7) is 7.22. The molecule has 0 saturated carbocycles. The van der Waals surface area contributed by atoms with Gasteiger partial charge in [-0.2, -0.15) is 0 Å². The van der Waals surface area contributed by atoms with Gasteiger partial charge in [-0.3, -0.25) is 4.79 Å². The van der Waals surface area contributed by atoms with Crippen molar-refractivity contribution < 1.29 is 23.7 Å². The molecule has 0 atom stereocenters. The minimum absolute atomic E-state index is 0.0767. The summed E-state index contributed by atoms with van der Waals surface area (Å²) in [5, 5.41) is 2.80. The Morgan fingerprint density at radius 2 is 1.64 bits per heavy atom. The number of amides is 1. The van der Waals surface area contributed by atoms with E-state index in [1.165, 1.54) is 5.56 Å². The van der Waals surface area contributed by atoms with Crippen LogP contribution in [-0.4, -0.2) is 39.9 Å². The van der Waals surface area contributed by atoms with Crippen molar-refractivity contribution in [3.05, 3.63) is 48.0 Å². The van der Waals surface area contributed by atoms with Crippen molar-refractivity contribution in [1.29, 1.82) is 0 Å². The van der Waals surface area contributed by atoms with Crippen molar-refractivity contribution in [2.45, 2.75) is 26.2 Å². The predicted octanol–water partition coefficient (Wildman–Crippen LogP) is 4.04. The maximum Gasteiger partial charge on any atom is 0.262 e. The predicted molar refractivity (Wildman–Crippen MR) is 110 cm³/mol. The van der Waals surface area contributed by atoms with E-state index in [0.29, 0.717) is 36.1 Å². The zero-order chi connectivity index (χ0) is 20.6. The Morgan fingerprint density at radius 3 is 2.25 bits per heavy atom. The molecule has 2 aromatic carbocycles. The van der Waals surface area contributed by atoms with E-state index in [1.54, 1.807) is 32.4 Å². The average molecular weight is 387 g/mol. The number of hydrogen-bond donors (Lipinski definition) is 1. The molecule has 152 valence electrons. The first-order chi connectivity index (χ1) is 13.3. The number of carbonyl (C=O) groups excluding carboxylic acids is 1. The van der Waals surface area contributed by atoms with E-state index in [9.17, 15) is 4.79 Å². The molecule has 2 aromatic rings. The van der Waals surface area contributed by atoms with Crippen molar-refractivity contribution in [1.82, 2.24) is 0 Å². The number of ether oxygens (including phenoxy) is 4. The Morgan fingerprint density at radius 1 is 0.929 bits per heavy atom. The van der Waals surface area contributed by atoms with Gasteiger partial charge in [0.25, 0.3) is 5.91 Å². The first-order valence-electron chi connectivity index (χ1n) is 9.16. The molecule has 0 aliphatic rings. The van der Waals surface area contributed by atoms with Crippen molar-refractivity contribution in [3.63, 3.8) is 0 Å². The fourth-order valence-electron chi connectivity index (χ4n) is 2.50. The Bertz CT molecular complexity index is 765. The topological polar surface area (TPSA) is 66.0 Å². The largest absolute Gasteiger partial charge is 0.493 e. The van der Waals surface area contributed by atoms with Crippen molar-refractivity contribution >= 4 is 11.6 Å². The summed E-state index contributed by atoms with van der Waals surface area (Å²) in [6, 6.07) is 13.0. The first kappa shape index (κ1) is 21.6. The standard InChI is InChI=1S/C22H29NO5/c1-22(2,3)16-6-9-18(10-7-16)28-15-21(24)23-17-8-11-19(26-5)20(14-17)27-13-12-25-4/h6-11,14H,12-13,15H2,1-5H3,(H,23,24). The molecule has 2 rings (SSSR count). The van der Waals surface area contributed by atoms with Gasteiger partial charge < -0.3 is 24.3 Å². The molecule has 0 bridgehead atoms. The molecule has 28 heavy (non-hydrogen) atoms. The lowest BCUT2D eigenvalue weighted by Gasteiger charge is -2.19. The Labute approximate surface area is 166 Å². The van der Waals surface area contributed by atoms with Crippen molar-refractivity contribution in [2.24, 2.45) is 0 Å². The first-order valence-corrected chi connectivity index (χ1v) is 9.16. The lowest BCUT2D eigenvalue weighted by molar-refractivity contribution is -0.118. The molecular weight excluding hydrogens is 358 g/mol. The molecule has 0 aliphatic heterocycles. The van der Waals surface area contributed by atoms with Crippen LogP contribution < -0.4 is 19.5 Å². The molecular formula is C22H29NO5. The molecule has 0 fully saturated rings. The zero-order valence-electron chi connectivity index (χ0n) is 17.2. The van der Waals surface area contributed by atoms with Crippen LogP contribution in [-0.2, 0) is 14.9 Å². The minimum Gasteiger partial charge on any atom is -0.493 e. The number of rotatable bonds is 9.